The molecule has 2 aromatic carbocycles. The van der Waals surface area contributed by atoms with E-state index in [1.807, 2.05) is 36.4 Å². The Labute approximate surface area is 161 Å². The van der Waals surface area contributed by atoms with Gasteiger partial charge in [0.2, 0.25) is 0 Å². The molecule has 1 aliphatic rings. The Balaban J connectivity index is 1.70. The number of thiazole rings is 1. The van der Waals surface area contributed by atoms with Crippen molar-refractivity contribution in [1.82, 2.24) is 4.98 Å². The van der Waals surface area contributed by atoms with Gasteiger partial charge in [0.15, 0.2) is 5.13 Å². The number of amides is 1. The molecule has 0 saturated carbocycles. The average molecular weight is 385 g/mol. The highest BCUT2D eigenvalue weighted by Crippen LogP contribution is 2.33. The molecule has 2 heterocycles. The van der Waals surface area contributed by atoms with Crippen molar-refractivity contribution in [2.75, 3.05) is 24.3 Å². The minimum Gasteiger partial charge on any atom is -0.376 e. The lowest BCUT2D eigenvalue weighted by Crippen LogP contribution is -2.37. The molecule has 4 rings (SSSR count). The first kappa shape index (κ1) is 17.5. The number of hydrogen-bond donors (Lipinski definition) is 0. The molecule has 0 radical (unpaired) electrons. The number of ether oxygens (including phenoxy) is 1. The molecule has 26 heavy (non-hydrogen) atoms. The van der Waals surface area contributed by atoms with E-state index in [9.17, 15) is 4.79 Å². The summed E-state index contributed by atoms with van der Waals surface area (Å²) in [6.07, 6.45) is 4.18. The molecule has 1 aromatic heterocycles. The quantitative estimate of drug-likeness (QED) is 0.590. The van der Waals surface area contributed by atoms with Gasteiger partial charge in [0.25, 0.3) is 5.91 Å². The van der Waals surface area contributed by atoms with Crippen molar-refractivity contribution in [3.8, 4) is 0 Å². The fourth-order valence-electron chi connectivity index (χ4n) is 3.11. The van der Waals surface area contributed by atoms with Crippen LogP contribution in [0, 0.1) is 0 Å². The third kappa shape index (κ3) is 3.63. The summed E-state index contributed by atoms with van der Waals surface area (Å²) in [4.78, 5) is 20.9. The van der Waals surface area contributed by atoms with Crippen LogP contribution >= 0.6 is 23.1 Å². The zero-order valence-electron chi connectivity index (χ0n) is 14.6. The van der Waals surface area contributed by atoms with Crippen LogP contribution in [0.5, 0.6) is 0 Å². The molecule has 0 spiro atoms. The van der Waals surface area contributed by atoms with E-state index in [4.69, 9.17) is 9.72 Å². The number of fused-ring (bicyclic) bond motifs is 1. The lowest BCUT2D eigenvalue weighted by molar-refractivity contribution is 0.0917. The number of rotatable bonds is 5. The second-order valence-electron chi connectivity index (χ2n) is 6.25. The van der Waals surface area contributed by atoms with Gasteiger partial charge in [-0.15, -0.1) is 11.8 Å². The van der Waals surface area contributed by atoms with Crippen LogP contribution in [0.25, 0.3) is 10.2 Å². The fourth-order valence-corrected chi connectivity index (χ4v) is 4.64. The summed E-state index contributed by atoms with van der Waals surface area (Å²) in [5.41, 5.74) is 1.61. The van der Waals surface area contributed by atoms with E-state index in [0.29, 0.717) is 12.1 Å². The van der Waals surface area contributed by atoms with Gasteiger partial charge in [-0.05, 0) is 49.4 Å². The molecular weight excluding hydrogens is 364 g/mol. The summed E-state index contributed by atoms with van der Waals surface area (Å²) < 4.78 is 6.88. The van der Waals surface area contributed by atoms with Crippen LogP contribution in [-0.4, -0.2) is 36.4 Å². The number of benzene rings is 2. The van der Waals surface area contributed by atoms with Crippen LogP contribution in [0.4, 0.5) is 5.13 Å². The van der Waals surface area contributed by atoms with E-state index < -0.39 is 0 Å². The molecule has 134 valence electrons. The van der Waals surface area contributed by atoms with E-state index in [1.54, 1.807) is 28.0 Å². The first-order valence-corrected chi connectivity index (χ1v) is 10.7. The molecule has 1 amide bonds. The number of hydrogen-bond acceptors (Lipinski definition) is 5. The van der Waals surface area contributed by atoms with Crippen molar-refractivity contribution in [1.29, 1.82) is 0 Å². The maximum Gasteiger partial charge on any atom is 0.260 e. The summed E-state index contributed by atoms with van der Waals surface area (Å²) >= 11 is 3.28. The normalized spacial score (nSPS) is 16.9. The second kappa shape index (κ2) is 7.78. The van der Waals surface area contributed by atoms with Crippen molar-refractivity contribution in [3.63, 3.8) is 0 Å². The zero-order chi connectivity index (χ0) is 17.9. The number of thioether (sulfide) groups is 1. The predicted octanol–water partition coefficient (Wildman–Crippen LogP) is 4.84. The number of carbonyl (C=O) groups is 1. The molecule has 3 aromatic rings. The standard InChI is InChI=1S/C20H20N2O2S2/c1-25-16-9-10-17-18(12-16)26-20(21-17)22(13-15-8-5-11-24-15)19(23)14-6-3-2-4-7-14/h2-4,6-7,9-10,12,15H,5,8,11,13H2,1H3/t15-/m0/s1. The third-order valence-electron chi connectivity index (χ3n) is 4.49. The Morgan fingerprint density at radius 1 is 1.31 bits per heavy atom. The van der Waals surface area contributed by atoms with Gasteiger partial charge in [-0.3, -0.25) is 9.69 Å². The van der Waals surface area contributed by atoms with Gasteiger partial charge >= 0.3 is 0 Å². The molecule has 0 N–H and O–H groups in total. The smallest absolute Gasteiger partial charge is 0.260 e. The minimum atomic E-state index is -0.0229. The lowest BCUT2D eigenvalue weighted by Gasteiger charge is -2.23. The molecular formula is C20H20N2O2S2. The summed E-state index contributed by atoms with van der Waals surface area (Å²) in [6.45, 7) is 1.32. The monoisotopic (exact) mass is 384 g/mol. The first-order valence-electron chi connectivity index (χ1n) is 8.67. The molecule has 0 bridgehead atoms. The summed E-state index contributed by atoms with van der Waals surface area (Å²) in [5.74, 6) is -0.0229. The van der Waals surface area contributed by atoms with Gasteiger partial charge in [0.1, 0.15) is 0 Å². The number of anilines is 1. The number of aromatic nitrogens is 1. The highest BCUT2D eigenvalue weighted by molar-refractivity contribution is 7.98. The van der Waals surface area contributed by atoms with Crippen molar-refractivity contribution >= 4 is 44.4 Å². The summed E-state index contributed by atoms with van der Waals surface area (Å²) in [7, 11) is 0. The fraction of sp³-hybridized carbons (Fsp3) is 0.300. The Kier molecular flexibility index (Phi) is 5.24. The van der Waals surface area contributed by atoms with E-state index in [1.165, 1.54) is 4.90 Å². The molecule has 1 fully saturated rings. The Bertz CT molecular complexity index is 905. The van der Waals surface area contributed by atoms with Gasteiger partial charge in [0.05, 0.1) is 22.9 Å². The summed E-state index contributed by atoms with van der Waals surface area (Å²) in [6, 6.07) is 15.6. The van der Waals surface area contributed by atoms with Crippen molar-refractivity contribution in [2.24, 2.45) is 0 Å². The molecule has 0 unspecified atom stereocenters. The van der Waals surface area contributed by atoms with E-state index in [0.717, 1.165) is 34.8 Å². The average Bonchev–Trinajstić information content (AvgIpc) is 3.34. The second-order valence-corrected chi connectivity index (χ2v) is 8.14. The van der Waals surface area contributed by atoms with Crippen LogP contribution in [0.3, 0.4) is 0 Å². The highest BCUT2D eigenvalue weighted by atomic mass is 32.2. The molecule has 4 nitrogen and oxygen atoms in total. The molecule has 1 atom stereocenters. The Morgan fingerprint density at radius 2 is 2.15 bits per heavy atom. The van der Waals surface area contributed by atoms with Gasteiger partial charge in [-0.1, -0.05) is 29.5 Å². The zero-order valence-corrected chi connectivity index (χ0v) is 16.2. The van der Waals surface area contributed by atoms with Crippen LogP contribution < -0.4 is 4.90 Å². The van der Waals surface area contributed by atoms with Crippen LogP contribution in [-0.2, 0) is 4.74 Å². The minimum absolute atomic E-state index is 0.0229. The van der Waals surface area contributed by atoms with Gasteiger partial charge in [-0.2, -0.15) is 0 Å². The van der Waals surface area contributed by atoms with Gasteiger partial charge in [-0.25, -0.2) is 4.98 Å². The number of carbonyl (C=O) groups excluding carboxylic acids is 1. The van der Waals surface area contributed by atoms with Gasteiger partial charge < -0.3 is 4.74 Å². The van der Waals surface area contributed by atoms with E-state index in [2.05, 4.69) is 18.4 Å². The Morgan fingerprint density at radius 3 is 2.88 bits per heavy atom. The van der Waals surface area contributed by atoms with E-state index in [-0.39, 0.29) is 12.0 Å². The van der Waals surface area contributed by atoms with Crippen LogP contribution in [0.15, 0.2) is 53.4 Å². The lowest BCUT2D eigenvalue weighted by atomic mass is 10.2. The molecule has 1 saturated heterocycles. The molecule has 0 aliphatic carbocycles. The summed E-state index contributed by atoms with van der Waals surface area (Å²) in [5, 5.41) is 0.739. The predicted molar refractivity (Wildman–Crippen MR) is 108 cm³/mol. The van der Waals surface area contributed by atoms with E-state index >= 15 is 0 Å². The van der Waals surface area contributed by atoms with Crippen molar-refractivity contribution < 1.29 is 9.53 Å². The van der Waals surface area contributed by atoms with Crippen LogP contribution in [0.2, 0.25) is 0 Å². The SMILES string of the molecule is CSc1ccc2nc(N(C[C@@H]3CCCO3)C(=O)c3ccccc3)sc2c1. The maximum atomic E-state index is 13.2. The first-order chi connectivity index (χ1) is 12.7. The topological polar surface area (TPSA) is 42.4 Å². The van der Waals surface area contributed by atoms with Crippen LogP contribution in [0.1, 0.15) is 23.2 Å². The maximum absolute atomic E-state index is 13.2. The number of nitrogens with zero attached hydrogens (tertiary/aromatic N) is 2. The van der Waals surface area contributed by atoms with Crippen molar-refractivity contribution in [3.05, 3.63) is 54.1 Å². The van der Waals surface area contributed by atoms with Gasteiger partial charge in [0, 0.05) is 17.1 Å². The van der Waals surface area contributed by atoms with Crippen molar-refractivity contribution in [2.45, 2.75) is 23.8 Å². The molecule has 6 heteroatoms. The third-order valence-corrected chi connectivity index (χ3v) is 6.26. The molecule has 1 aliphatic heterocycles. The highest BCUT2D eigenvalue weighted by Gasteiger charge is 2.27. The Hall–Kier alpha value is -1.89. The largest absolute Gasteiger partial charge is 0.376 e.